The zero-order valence-electron chi connectivity index (χ0n) is 10.4. The normalized spacial score (nSPS) is 10.4. The number of carbonyl (C=O) groups is 1. The largest absolute Gasteiger partial charge is 0.292 e. The Morgan fingerprint density at radius 2 is 2.00 bits per heavy atom. The van der Waals surface area contributed by atoms with Crippen LogP contribution in [0.3, 0.4) is 0 Å². The Hall–Kier alpha value is -2.03. The molecule has 0 N–H and O–H groups in total. The lowest BCUT2D eigenvalue weighted by Crippen LogP contribution is -2.08. The Balaban J connectivity index is 2.22. The minimum Gasteiger partial charge on any atom is -0.292 e. The number of aryl methyl sites for hydroxylation is 2. The molecule has 0 atom stereocenters. The van der Waals surface area contributed by atoms with Gasteiger partial charge in [-0.1, -0.05) is 18.2 Å². The van der Waals surface area contributed by atoms with Crippen LogP contribution in [0.5, 0.6) is 0 Å². The molecule has 1 heterocycles. The van der Waals surface area contributed by atoms with Gasteiger partial charge < -0.3 is 0 Å². The molecule has 92 valence electrons. The zero-order chi connectivity index (χ0) is 13.1. The van der Waals surface area contributed by atoms with Gasteiger partial charge in [0.15, 0.2) is 11.6 Å². The van der Waals surface area contributed by atoms with Crippen molar-refractivity contribution < 1.29 is 9.18 Å². The highest BCUT2D eigenvalue weighted by Gasteiger charge is 2.13. The molecule has 1 aromatic heterocycles. The van der Waals surface area contributed by atoms with Gasteiger partial charge in [0.1, 0.15) is 5.69 Å². The van der Waals surface area contributed by atoms with E-state index in [0.717, 1.165) is 11.1 Å². The number of halogens is 1. The standard InChI is InChI=1S/C15H14FNO/c1-10-5-6-12(8-11(10)2)9-14(18)15-13(16)4-3-7-17-15/h3-8H,9H2,1-2H3. The van der Waals surface area contributed by atoms with Crippen LogP contribution in [-0.2, 0) is 6.42 Å². The smallest absolute Gasteiger partial charge is 0.188 e. The molecule has 0 saturated carbocycles. The summed E-state index contributed by atoms with van der Waals surface area (Å²) < 4.78 is 13.4. The highest BCUT2D eigenvalue weighted by atomic mass is 19.1. The summed E-state index contributed by atoms with van der Waals surface area (Å²) in [6.45, 7) is 4.00. The number of nitrogens with zero attached hydrogens (tertiary/aromatic N) is 1. The summed E-state index contributed by atoms with van der Waals surface area (Å²) in [6.07, 6.45) is 1.60. The third kappa shape index (κ3) is 2.62. The predicted molar refractivity (Wildman–Crippen MR) is 68.1 cm³/mol. The molecule has 0 aliphatic carbocycles. The molecule has 2 aromatic rings. The van der Waals surface area contributed by atoms with E-state index in [0.29, 0.717) is 0 Å². The molecule has 0 fully saturated rings. The van der Waals surface area contributed by atoms with Crippen molar-refractivity contribution in [1.82, 2.24) is 4.98 Å². The summed E-state index contributed by atoms with van der Waals surface area (Å²) >= 11 is 0. The molecule has 0 aliphatic heterocycles. The number of benzene rings is 1. The number of ketones is 1. The molecule has 2 rings (SSSR count). The van der Waals surface area contributed by atoms with Crippen LogP contribution in [0, 0.1) is 19.7 Å². The SMILES string of the molecule is Cc1ccc(CC(=O)c2ncccc2F)cc1C. The first-order valence-corrected chi connectivity index (χ1v) is 5.78. The molecule has 0 unspecified atom stereocenters. The van der Waals surface area contributed by atoms with E-state index in [4.69, 9.17) is 0 Å². The molecular weight excluding hydrogens is 229 g/mol. The van der Waals surface area contributed by atoms with Gasteiger partial charge in [0.25, 0.3) is 0 Å². The Morgan fingerprint density at radius 3 is 2.67 bits per heavy atom. The number of pyridine rings is 1. The Labute approximate surface area is 105 Å². The van der Waals surface area contributed by atoms with Gasteiger partial charge in [-0.25, -0.2) is 4.39 Å². The van der Waals surface area contributed by atoms with Crippen molar-refractivity contribution in [1.29, 1.82) is 0 Å². The van der Waals surface area contributed by atoms with E-state index in [1.807, 2.05) is 32.0 Å². The third-order valence-electron chi connectivity index (χ3n) is 2.96. The zero-order valence-corrected chi connectivity index (χ0v) is 10.4. The summed E-state index contributed by atoms with van der Waals surface area (Å²) in [6, 6.07) is 8.53. The lowest BCUT2D eigenvalue weighted by atomic mass is 10.0. The fourth-order valence-electron chi connectivity index (χ4n) is 1.77. The van der Waals surface area contributed by atoms with Crippen LogP contribution in [0.2, 0.25) is 0 Å². The van der Waals surface area contributed by atoms with Gasteiger partial charge in [-0.3, -0.25) is 9.78 Å². The van der Waals surface area contributed by atoms with Gasteiger partial charge in [-0.15, -0.1) is 0 Å². The molecule has 0 radical (unpaired) electrons. The van der Waals surface area contributed by atoms with Crippen LogP contribution in [0.25, 0.3) is 0 Å². The topological polar surface area (TPSA) is 30.0 Å². The fraction of sp³-hybridized carbons (Fsp3) is 0.200. The lowest BCUT2D eigenvalue weighted by Gasteiger charge is -2.05. The highest BCUT2D eigenvalue weighted by molar-refractivity contribution is 5.95. The Bertz CT molecular complexity index is 593. The molecule has 0 saturated heterocycles. The van der Waals surface area contributed by atoms with E-state index in [1.165, 1.54) is 23.9 Å². The number of aromatic nitrogens is 1. The van der Waals surface area contributed by atoms with Crippen molar-refractivity contribution in [2.24, 2.45) is 0 Å². The molecular formula is C15H14FNO. The first-order chi connectivity index (χ1) is 8.58. The second-order valence-corrected chi connectivity index (χ2v) is 4.35. The van der Waals surface area contributed by atoms with Gasteiger partial charge in [-0.05, 0) is 42.7 Å². The summed E-state index contributed by atoms with van der Waals surface area (Å²) in [5.74, 6) is -0.859. The number of hydrogen-bond acceptors (Lipinski definition) is 2. The van der Waals surface area contributed by atoms with Crippen molar-refractivity contribution in [3.05, 3.63) is 64.7 Å². The summed E-state index contributed by atoms with van der Waals surface area (Å²) in [7, 11) is 0. The van der Waals surface area contributed by atoms with Gasteiger partial charge in [0, 0.05) is 12.6 Å². The minimum atomic E-state index is -0.564. The van der Waals surface area contributed by atoms with E-state index in [-0.39, 0.29) is 17.9 Å². The fourth-order valence-corrected chi connectivity index (χ4v) is 1.77. The third-order valence-corrected chi connectivity index (χ3v) is 2.96. The van der Waals surface area contributed by atoms with Gasteiger partial charge in [0.2, 0.25) is 0 Å². The maximum Gasteiger partial charge on any atom is 0.188 e. The molecule has 0 bridgehead atoms. The second-order valence-electron chi connectivity index (χ2n) is 4.35. The summed E-state index contributed by atoms with van der Waals surface area (Å²) in [5, 5.41) is 0. The lowest BCUT2D eigenvalue weighted by molar-refractivity contribution is 0.0984. The quantitative estimate of drug-likeness (QED) is 0.774. The maximum atomic E-state index is 13.4. The van der Waals surface area contributed by atoms with E-state index in [1.54, 1.807) is 0 Å². The van der Waals surface area contributed by atoms with E-state index in [9.17, 15) is 9.18 Å². The monoisotopic (exact) mass is 243 g/mol. The van der Waals surface area contributed by atoms with Crippen LogP contribution in [-0.4, -0.2) is 10.8 Å². The number of Topliss-reactive ketones (excluding diaryl/α,β-unsaturated/α-hetero) is 1. The Kier molecular flexibility index (Phi) is 3.51. The first kappa shape index (κ1) is 12.4. The summed E-state index contributed by atoms with van der Waals surface area (Å²) in [5.41, 5.74) is 3.10. The maximum absolute atomic E-state index is 13.4. The predicted octanol–water partition coefficient (Wildman–Crippen LogP) is 3.26. The van der Waals surface area contributed by atoms with Crippen LogP contribution in [0.1, 0.15) is 27.2 Å². The molecule has 3 heteroatoms. The first-order valence-electron chi connectivity index (χ1n) is 5.78. The average molecular weight is 243 g/mol. The second kappa shape index (κ2) is 5.08. The Morgan fingerprint density at radius 1 is 1.22 bits per heavy atom. The van der Waals surface area contributed by atoms with Crippen LogP contribution < -0.4 is 0 Å². The van der Waals surface area contributed by atoms with E-state index >= 15 is 0 Å². The van der Waals surface area contributed by atoms with Crippen molar-refractivity contribution in [2.75, 3.05) is 0 Å². The van der Waals surface area contributed by atoms with E-state index in [2.05, 4.69) is 4.98 Å². The van der Waals surface area contributed by atoms with E-state index < -0.39 is 5.82 Å². The number of carbonyl (C=O) groups excluding carboxylic acids is 1. The minimum absolute atomic E-state index is 0.0873. The van der Waals surface area contributed by atoms with Crippen molar-refractivity contribution in [3.8, 4) is 0 Å². The van der Waals surface area contributed by atoms with Crippen molar-refractivity contribution >= 4 is 5.78 Å². The molecule has 0 amide bonds. The molecule has 18 heavy (non-hydrogen) atoms. The number of hydrogen-bond donors (Lipinski definition) is 0. The van der Waals surface area contributed by atoms with Gasteiger partial charge in [0.05, 0.1) is 0 Å². The molecule has 1 aromatic carbocycles. The highest BCUT2D eigenvalue weighted by Crippen LogP contribution is 2.13. The van der Waals surface area contributed by atoms with Crippen LogP contribution >= 0.6 is 0 Å². The molecule has 0 spiro atoms. The van der Waals surface area contributed by atoms with Crippen molar-refractivity contribution in [2.45, 2.75) is 20.3 Å². The van der Waals surface area contributed by atoms with Gasteiger partial charge >= 0.3 is 0 Å². The van der Waals surface area contributed by atoms with Crippen LogP contribution in [0.4, 0.5) is 4.39 Å². The summed E-state index contributed by atoms with van der Waals surface area (Å²) in [4.78, 5) is 15.7. The molecule has 0 aliphatic rings. The molecule has 2 nitrogen and oxygen atoms in total. The number of rotatable bonds is 3. The van der Waals surface area contributed by atoms with Gasteiger partial charge in [-0.2, -0.15) is 0 Å². The van der Waals surface area contributed by atoms with Crippen molar-refractivity contribution in [3.63, 3.8) is 0 Å². The van der Waals surface area contributed by atoms with Crippen LogP contribution in [0.15, 0.2) is 36.5 Å². The average Bonchev–Trinajstić information content (AvgIpc) is 2.34.